The van der Waals surface area contributed by atoms with Crippen LogP contribution in [0, 0.1) is 6.92 Å². The van der Waals surface area contributed by atoms with Crippen LogP contribution in [-0.2, 0) is 11.2 Å². The number of hydrogen-bond donors (Lipinski definition) is 1. The molecule has 20 heavy (non-hydrogen) atoms. The lowest BCUT2D eigenvalue weighted by molar-refractivity contribution is -0.115. The number of carbonyl (C=O) groups is 1. The number of rotatable bonds is 4. The molecule has 0 spiro atoms. The third-order valence-electron chi connectivity index (χ3n) is 3.11. The van der Waals surface area contributed by atoms with Crippen molar-refractivity contribution in [1.82, 2.24) is 0 Å². The molecule has 2 aromatic rings. The molecule has 2 rings (SSSR count). The number of carbonyl (C=O) groups excluding carboxylic acids is 1. The van der Waals surface area contributed by atoms with Gasteiger partial charge in [-0.3, -0.25) is 4.79 Å². The number of para-hydroxylation sites is 1. The Morgan fingerprint density at radius 3 is 2.65 bits per heavy atom. The first kappa shape index (κ1) is 14.8. The minimum atomic E-state index is 0.0104. The van der Waals surface area contributed by atoms with Crippen molar-refractivity contribution in [3.8, 4) is 0 Å². The van der Waals surface area contributed by atoms with Crippen LogP contribution in [-0.4, -0.2) is 5.91 Å². The largest absolute Gasteiger partial charge is 0.326 e. The molecule has 104 valence electrons. The van der Waals surface area contributed by atoms with Crippen LogP contribution in [0.3, 0.4) is 0 Å². The predicted octanol–water partition coefficient (Wildman–Crippen LogP) is 4.63. The van der Waals surface area contributed by atoms with Gasteiger partial charge in [0.05, 0.1) is 6.42 Å². The van der Waals surface area contributed by atoms with Crippen LogP contribution < -0.4 is 5.32 Å². The van der Waals surface area contributed by atoms with E-state index in [1.807, 2.05) is 62.4 Å². The van der Waals surface area contributed by atoms with E-state index >= 15 is 0 Å². The summed E-state index contributed by atoms with van der Waals surface area (Å²) in [5, 5.41) is 2.99. The molecule has 0 saturated carbocycles. The Morgan fingerprint density at radius 1 is 1.20 bits per heavy atom. The van der Waals surface area contributed by atoms with Crippen LogP contribution in [0.2, 0.25) is 0 Å². The maximum atomic E-state index is 12.1. The Bertz CT molecular complexity index is 607. The van der Waals surface area contributed by atoms with Crippen molar-refractivity contribution in [3.05, 3.63) is 65.2 Å². The van der Waals surface area contributed by atoms with Gasteiger partial charge in [0.25, 0.3) is 0 Å². The zero-order valence-corrected chi connectivity index (χ0v) is 13.3. The predicted molar refractivity (Wildman–Crippen MR) is 87.3 cm³/mol. The molecule has 0 aromatic heterocycles. The van der Waals surface area contributed by atoms with Gasteiger partial charge in [-0.2, -0.15) is 0 Å². The Balaban J connectivity index is 2.09. The number of alkyl halides is 1. The number of amides is 1. The van der Waals surface area contributed by atoms with Gasteiger partial charge in [-0.25, -0.2) is 0 Å². The molecule has 1 unspecified atom stereocenters. The molecule has 0 radical (unpaired) electrons. The summed E-state index contributed by atoms with van der Waals surface area (Å²) in [6.45, 7) is 4.08. The SMILES string of the molecule is Cc1cccc(CC(=O)Nc2ccccc2C(C)Br)c1. The fourth-order valence-electron chi connectivity index (χ4n) is 2.16. The van der Waals surface area contributed by atoms with Crippen LogP contribution in [0.25, 0.3) is 0 Å². The molecule has 0 fully saturated rings. The van der Waals surface area contributed by atoms with E-state index in [0.717, 1.165) is 16.8 Å². The van der Waals surface area contributed by atoms with Crippen molar-refractivity contribution in [2.45, 2.75) is 25.1 Å². The van der Waals surface area contributed by atoms with Gasteiger partial charge in [0, 0.05) is 10.5 Å². The Kier molecular flexibility index (Phi) is 4.96. The van der Waals surface area contributed by atoms with E-state index in [-0.39, 0.29) is 10.7 Å². The van der Waals surface area contributed by atoms with Gasteiger partial charge in [0.2, 0.25) is 5.91 Å². The lowest BCUT2D eigenvalue weighted by atomic mass is 10.1. The highest BCUT2D eigenvalue weighted by Crippen LogP contribution is 2.28. The second-order valence-electron chi connectivity index (χ2n) is 4.92. The first-order chi connectivity index (χ1) is 9.56. The van der Waals surface area contributed by atoms with Crippen LogP contribution in [0.1, 0.15) is 28.4 Å². The minimum absolute atomic E-state index is 0.0104. The molecule has 0 bridgehead atoms. The van der Waals surface area contributed by atoms with Gasteiger partial charge in [0.1, 0.15) is 0 Å². The van der Waals surface area contributed by atoms with E-state index in [2.05, 4.69) is 21.2 Å². The highest BCUT2D eigenvalue weighted by Gasteiger charge is 2.10. The lowest BCUT2D eigenvalue weighted by Crippen LogP contribution is -2.15. The molecule has 2 nitrogen and oxygen atoms in total. The normalized spacial score (nSPS) is 11.9. The maximum Gasteiger partial charge on any atom is 0.228 e. The first-order valence-electron chi connectivity index (χ1n) is 6.64. The van der Waals surface area contributed by atoms with E-state index < -0.39 is 0 Å². The highest BCUT2D eigenvalue weighted by molar-refractivity contribution is 9.09. The number of nitrogens with one attached hydrogen (secondary N) is 1. The monoisotopic (exact) mass is 331 g/mol. The second kappa shape index (κ2) is 6.71. The minimum Gasteiger partial charge on any atom is -0.326 e. The van der Waals surface area contributed by atoms with Crippen LogP contribution >= 0.6 is 15.9 Å². The van der Waals surface area contributed by atoms with Gasteiger partial charge >= 0.3 is 0 Å². The van der Waals surface area contributed by atoms with Gasteiger partial charge in [-0.1, -0.05) is 64.0 Å². The third kappa shape index (κ3) is 3.94. The smallest absolute Gasteiger partial charge is 0.228 e. The Hall–Kier alpha value is -1.61. The van der Waals surface area contributed by atoms with Crippen LogP contribution in [0.4, 0.5) is 5.69 Å². The molecule has 0 saturated heterocycles. The summed E-state index contributed by atoms with van der Waals surface area (Å²) in [4.78, 5) is 12.3. The molecule has 1 atom stereocenters. The molecule has 3 heteroatoms. The fraction of sp³-hybridized carbons (Fsp3) is 0.235. The zero-order chi connectivity index (χ0) is 14.5. The topological polar surface area (TPSA) is 29.1 Å². The summed E-state index contributed by atoms with van der Waals surface area (Å²) in [6, 6.07) is 15.9. The maximum absolute atomic E-state index is 12.1. The number of hydrogen-bond acceptors (Lipinski definition) is 1. The zero-order valence-electron chi connectivity index (χ0n) is 11.7. The van der Waals surface area contributed by atoms with Gasteiger partial charge in [0.15, 0.2) is 0 Å². The number of anilines is 1. The van der Waals surface area contributed by atoms with Crippen LogP contribution in [0.15, 0.2) is 48.5 Å². The van der Waals surface area contributed by atoms with Crippen molar-refractivity contribution in [3.63, 3.8) is 0 Å². The molecule has 1 amide bonds. The molecule has 1 N–H and O–H groups in total. The van der Waals surface area contributed by atoms with Gasteiger partial charge in [-0.15, -0.1) is 0 Å². The van der Waals surface area contributed by atoms with Crippen molar-refractivity contribution in [1.29, 1.82) is 0 Å². The van der Waals surface area contributed by atoms with Crippen LogP contribution in [0.5, 0.6) is 0 Å². The van der Waals surface area contributed by atoms with E-state index in [9.17, 15) is 4.79 Å². The van der Waals surface area contributed by atoms with E-state index in [1.54, 1.807) is 0 Å². The van der Waals surface area contributed by atoms with E-state index in [0.29, 0.717) is 6.42 Å². The number of halogens is 1. The quantitative estimate of drug-likeness (QED) is 0.813. The highest BCUT2D eigenvalue weighted by atomic mass is 79.9. The average molecular weight is 332 g/mol. The summed E-state index contributed by atoms with van der Waals surface area (Å²) in [7, 11) is 0. The number of aryl methyl sites for hydroxylation is 1. The Labute approximate surface area is 128 Å². The van der Waals surface area contributed by atoms with E-state index in [4.69, 9.17) is 0 Å². The van der Waals surface area contributed by atoms with Crippen molar-refractivity contribution in [2.24, 2.45) is 0 Å². The van der Waals surface area contributed by atoms with Gasteiger partial charge in [-0.05, 0) is 31.0 Å². The molecule has 0 aliphatic carbocycles. The van der Waals surface area contributed by atoms with Crippen molar-refractivity contribution >= 4 is 27.5 Å². The molecular weight excluding hydrogens is 314 g/mol. The molecule has 0 aliphatic rings. The summed E-state index contributed by atoms with van der Waals surface area (Å²) in [5.41, 5.74) is 4.16. The number of benzene rings is 2. The van der Waals surface area contributed by atoms with Gasteiger partial charge < -0.3 is 5.32 Å². The fourth-order valence-corrected chi connectivity index (χ4v) is 2.56. The van der Waals surface area contributed by atoms with E-state index in [1.165, 1.54) is 5.56 Å². The average Bonchev–Trinajstić information content (AvgIpc) is 2.38. The Morgan fingerprint density at radius 2 is 1.95 bits per heavy atom. The van der Waals surface area contributed by atoms with Crippen molar-refractivity contribution < 1.29 is 4.79 Å². The summed E-state index contributed by atoms with van der Waals surface area (Å²) >= 11 is 3.55. The summed E-state index contributed by atoms with van der Waals surface area (Å²) in [6.07, 6.45) is 0.396. The molecule has 2 aromatic carbocycles. The van der Waals surface area contributed by atoms with Crippen molar-refractivity contribution in [2.75, 3.05) is 5.32 Å². The third-order valence-corrected chi connectivity index (χ3v) is 3.60. The molecular formula is C17H18BrNO. The first-order valence-corrected chi connectivity index (χ1v) is 7.56. The molecule has 0 heterocycles. The standard InChI is InChI=1S/C17H18BrNO/c1-12-6-5-7-14(10-12)11-17(20)19-16-9-4-3-8-15(16)13(2)18/h3-10,13H,11H2,1-2H3,(H,19,20). The molecule has 0 aliphatic heterocycles. The lowest BCUT2D eigenvalue weighted by Gasteiger charge is -2.12. The summed E-state index contributed by atoms with van der Waals surface area (Å²) < 4.78 is 0. The second-order valence-corrected chi connectivity index (χ2v) is 6.29. The summed E-state index contributed by atoms with van der Waals surface area (Å²) in [5.74, 6) is 0.0104.